The summed E-state index contributed by atoms with van der Waals surface area (Å²) >= 11 is 0. The topological polar surface area (TPSA) is 26.3 Å². The van der Waals surface area contributed by atoms with Crippen molar-refractivity contribution in [2.75, 3.05) is 0 Å². The summed E-state index contributed by atoms with van der Waals surface area (Å²) in [6.45, 7) is 4.12. The molecule has 0 fully saturated rings. The average molecular weight is 192 g/mol. The predicted molar refractivity (Wildman–Crippen MR) is 56.1 cm³/mol. The summed E-state index contributed by atoms with van der Waals surface area (Å²) < 4.78 is 5.15. The molecule has 0 aliphatic rings. The van der Waals surface area contributed by atoms with Gasteiger partial charge in [0.1, 0.15) is 5.75 Å². The van der Waals surface area contributed by atoms with Crippen LogP contribution in [-0.4, -0.2) is 5.97 Å². The molecule has 1 aromatic carbocycles. The third kappa shape index (κ3) is 3.60. The zero-order chi connectivity index (χ0) is 10.4. The van der Waals surface area contributed by atoms with Gasteiger partial charge in [-0.3, -0.25) is 4.79 Å². The van der Waals surface area contributed by atoms with Gasteiger partial charge >= 0.3 is 5.97 Å². The summed E-state index contributed by atoms with van der Waals surface area (Å²) in [6, 6.07) is 9.17. The Morgan fingerprint density at radius 1 is 1.36 bits per heavy atom. The van der Waals surface area contributed by atoms with E-state index in [0.29, 0.717) is 18.1 Å². The Hall–Kier alpha value is -1.31. The lowest BCUT2D eigenvalue weighted by atomic mass is 10.1. The molecule has 0 saturated carbocycles. The molecule has 0 amide bonds. The van der Waals surface area contributed by atoms with E-state index < -0.39 is 0 Å². The maximum absolute atomic E-state index is 11.4. The molecular formula is C12H16O2. The van der Waals surface area contributed by atoms with Crippen LogP contribution in [0, 0.1) is 5.92 Å². The van der Waals surface area contributed by atoms with Gasteiger partial charge in [-0.05, 0) is 18.1 Å². The van der Waals surface area contributed by atoms with E-state index in [4.69, 9.17) is 4.74 Å². The van der Waals surface area contributed by atoms with E-state index in [2.05, 4.69) is 6.92 Å². The molecule has 1 atom stereocenters. The molecule has 76 valence electrons. The van der Waals surface area contributed by atoms with Gasteiger partial charge in [-0.25, -0.2) is 0 Å². The minimum absolute atomic E-state index is 0.148. The van der Waals surface area contributed by atoms with Gasteiger partial charge in [0.05, 0.1) is 0 Å². The summed E-state index contributed by atoms with van der Waals surface area (Å²) in [5.74, 6) is 0.873. The van der Waals surface area contributed by atoms with Crippen LogP contribution in [0.1, 0.15) is 26.7 Å². The van der Waals surface area contributed by atoms with Gasteiger partial charge in [0.15, 0.2) is 0 Å². The summed E-state index contributed by atoms with van der Waals surface area (Å²) in [5.41, 5.74) is 0. The summed E-state index contributed by atoms with van der Waals surface area (Å²) in [6.07, 6.45) is 1.50. The number of hydrogen-bond acceptors (Lipinski definition) is 2. The minimum Gasteiger partial charge on any atom is -0.427 e. The van der Waals surface area contributed by atoms with Crippen LogP contribution < -0.4 is 4.74 Å². The first-order chi connectivity index (χ1) is 6.72. The minimum atomic E-state index is -0.148. The molecule has 0 aliphatic heterocycles. The van der Waals surface area contributed by atoms with Crippen LogP contribution in [0.4, 0.5) is 0 Å². The predicted octanol–water partition coefficient (Wildman–Crippen LogP) is 3.03. The lowest BCUT2D eigenvalue weighted by Gasteiger charge is -2.07. The number of benzene rings is 1. The fourth-order valence-electron chi connectivity index (χ4n) is 1.09. The van der Waals surface area contributed by atoms with E-state index in [9.17, 15) is 4.79 Å². The van der Waals surface area contributed by atoms with Gasteiger partial charge in [-0.1, -0.05) is 38.5 Å². The van der Waals surface area contributed by atoms with Gasteiger partial charge in [0.2, 0.25) is 0 Å². The van der Waals surface area contributed by atoms with E-state index in [0.717, 1.165) is 6.42 Å². The molecule has 0 aromatic heterocycles. The van der Waals surface area contributed by atoms with Crippen LogP contribution in [0.2, 0.25) is 0 Å². The third-order valence-electron chi connectivity index (χ3n) is 2.19. The zero-order valence-electron chi connectivity index (χ0n) is 8.69. The smallest absolute Gasteiger partial charge is 0.311 e. The number of hydrogen-bond donors (Lipinski definition) is 0. The SMILES string of the molecule is CCC(C)CC(=O)Oc1ccccc1. The van der Waals surface area contributed by atoms with Crippen molar-refractivity contribution in [1.82, 2.24) is 0 Å². The molecule has 0 bridgehead atoms. The maximum Gasteiger partial charge on any atom is 0.311 e. The van der Waals surface area contributed by atoms with Crippen LogP contribution in [0.5, 0.6) is 5.75 Å². The number of esters is 1. The first-order valence-corrected chi connectivity index (χ1v) is 4.98. The van der Waals surface area contributed by atoms with E-state index in [1.54, 1.807) is 12.1 Å². The van der Waals surface area contributed by atoms with Crippen molar-refractivity contribution in [1.29, 1.82) is 0 Å². The second-order valence-electron chi connectivity index (χ2n) is 3.50. The number of carbonyl (C=O) groups excluding carboxylic acids is 1. The van der Waals surface area contributed by atoms with Crippen molar-refractivity contribution in [3.63, 3.8) is 0 Å². The van der Waals surface area contributed by atoms with Crippen LogP contribution >= 0.6 is 0 Å². The molecule has 0 heterocycles. The quantitative estimate of drug-likeness (QED) is 0.541. The normalized spacial score (nSPS) is 12.1. The summed E-state index contributed by atoms with van der Waals surface area (Å²) in [5, 5.41) is 0. The number of para-hydroxylation sites is 1. The molecule has 1 aromatic rings. The van der Waals surface area contributed by atoms with Crippen molar-refractivity contribution in [3.05, 3.63) is 30.3 Å². The first-order valence-electron chi connectivity index (χ1n) is 4.98. The number of carbonyl (C=O) groups is 1. The van der Waals surface area contributed by atoms with E-state index >= 15 is 0 Å². The van der Waals surface area contributed by atoms with Crippen molar-refractivity contribution in [2.24, 2.45) is 5.92 Å². The van der Waals surface area contributed by atoms with E-state index in [1.165, 1.54) is 0 Å². The Kier molecular flexibility index (Phi) is 4.17. The Labute approximate surface area is 84.9 Å². The lowest BCUT2D eigenvalue weighted by Crippen LogP contribution is -2.11. The number of rotatable bonds is 4. The van der Waals surface area contributed by atoms with Gasteiger partial charge in [-0.15, -0.1) is 0 Å². The molecular weight excluding hydrogens is 176 g/mol. The molecule has 0 saturated heterocycles. The van der Waals surface area contributed by atoms with Gasteiger partial charge < -0.3 is 4.74 Å². The van der Waals surface area contributed by atoms with Crippen molar-refractivity contribution in [3.8, 4) is 5.75 Å². The van der Waals surface area contributed by atoms with Crippen LogP contribution in [0.25, 0.3) is 0 Å². The molecule has 0 aliphatic carbocycles. The Balaban J connectivity index is 2.42. The van der Waals surface area contributed by atoms with E-state index in [-0.39, 0.29) is 5.97 Å². The highest BCUT2D eigenvalue weighted by atomic mass is 16.5. The standard InChI is InChI=1S/C12H16O2/c1-3-10(2)9-12(13)14-11-7-5-4-6-8-11/h4-8,10H,3,9H2,1-2H3. The van der Waals surface area contributed by atoms with Crippen LogP contribution in [0.3, 0.4) is 0 Å². The van der Waals surface area contributed by atoms with Crippen molar-refractivity contribution in [2.45, 2.75) is 26.7 Å². The lowest BCUT2D eigenvalue weighted by molar-refractivity contribution is -0.135. The Morgan fingerprint density at radius 3 is 2.57 bits per heavy atom. The molecule has 2 heteroatoms. The molecule has 0 N–H and O–H groups in total. The fraction of sp³-hybridized carbons (Fsp3) is 0.417. The number of ether oxygens (including phenoxy) is 1. The molecule has 14 heavy (non-hydrogen) atoms. The molecule has 0 radical (unpaired) electrons. The second kappa shape index (κ2) is 5.43. The van der Waals surface area contributed by atoms with Crippen LogP contribution in [0.15, 0.2) is 30.3 Å². The largest absolute Gasteiger partial charge is 0.427 e. The van der Waals surface area contributed by atoms with Crippen molar-refractivity contribution >= 4 is 5.97 Å². The fourth-order valence-corrected chi connectivity index (χ4v) is 1.09. The van der Waals surface area contributed by atoms with Crippen LogP contribution in [-0.2, 0) is 4.79 Å². The Bertz CT molecular complexity index is 280. The third-order valence-corrected chi connectivity index (χ3v) is 2.19. The second-order valence-corrected chi connectivity index (χ2v) is 3.50. The maximum atomic E-state index is 11.4. The molecule has 2 nitrogen and oxygen atoms in total. The molecule has 0 spiro atoms. The summed E-state index contributed by atoms with van der Waals surface area (Å²) in [7, 11) is 0. The monoisotopic (exact) mass is 192 g/mol. The van der Waals surface area contributed by atoms with E-state index in [1.807, 2.05) is 25.1 Å². The van der Waals surface area contributed by atoms with Gasteiger partial charge in [0.25, 0.3) is 0 Å². The highest BCUT2D eigenvalue weighted by Gasteiger charge is 2.08. The first kappa shape index (κ1) is 10.8. The highest BCUT2D eigenvalue weighted by Crippen LogP contribution is 2.12. The zero-order valence-corrected chi connectivity index (χ0v) is 8.69. The summed E-state index contributed by atoms with van der Waals surface area (Å²) in [4.78, 5) is 11.4. The van der Waals surface area contributed by atoms with Gasteiger partial charge in [-0.2, -0.15) is 0 Å². The molecule has 1 rings (SSSR count). The highest BCUT2D eigenvalue weighted by molar-refractivity contribution is 5.72. The van der Waals surface area contributed by atoms with Gasteiger partial charge in [0, 0.05) is 6.42 Å². The molecule has 1 unspecified atom stereocenters. The Morgan fingerprint density at radius 2 is 2.00 bits per heavy atom. The van der Waals surface area contributed by atoms with Crippen molar-refractivity contribution < 1.29 is 9.53 Å². The average Bonchev–Trinajstić information content (AvgIpc) is 2.19.